The summed E-state index contributed by atoms with van der Waals surface area (Å²) in [5.74, 6) is 0.0843. The van der Waals surface area contributed by atoms with Gasteiger partial charge in [-0.15, -0.1) is 11.3 Å². The summed E-state index contributed by atoms with van der Waals surface area (Å²) < 4.78 is 5.00. The highest BCUT2D eigenvalue weighted by Crippen LogP contribution is 2.31. The van der Waals surface area contributed by atoms with Crippen LogP contribution < -0.4 is 5.32 Å². The fourth-order valence-corrected chi connectivity index (χ4v) is 2.88. The van der Waals surface area contributed by atoms with Gasteiger partial charge in [0.1, 0.15) is 9.98 Å². The third-order valence-corrected chi connectivity index (χ3v) is 4.02. The molecule has 0 aliphatic rings. The smallest absolute Gasteiger partial charge is 0.339 e. The Balaban J connectivity index is 2.41. The van der Waals surface area contributed by atoms with Gasteiger partial charge in [0.15, 0.2) is 0 Å². The number of hydrogen-bond acceptors (Lipinski definition) is 6. The molecule has 2 rings (SSSR count). The van der Waals surface area contributed by atoms with Crippen LogP contribution in [0.4, 0.5) is 5.95 Å². The molecule has 0 bridgehead atoms. The molecule has 0 aliphatic heterocycles. The minimum Gasteiger partial charge on any atom is -0.462 e. The lowest BCUT2D eigenvalue weighted by atomic mass is 10.2. The first kappa shape index (κ1) is 15.0. The molecule has 1 unspecified atom stereocenters. The maximum Gasteiger partial charge on any atom is 0.339 e. The summed E-state index contributed by atoms with van der Waals surface area (Å²) in [6, 6.07) is 0.257. The lowest BCUT2D eigenvalue weighted by molar-refractivity contribution is 0.0529. The van der Waals surface area contributed by atoms with E-state index in [-0.39, 0.29) is 11.2 Å². The molecular formula is C13H16ClN3O2S. The van der Waals surface area contributed by atoms with Crippen LogP contribution in [0.3, 0.4) is 0 Å². The molecular weight excluding hydrogens is 298 g/mol. The summed E-state index contributed by atoms with van der Waals surface area (Å²) in [7, 11) is 0. The third-order valence-electron chi connectivity index (χ3n) is 2.87. The SMILES string of the molecule is CCOC(=O)c1csc2nc(NC(C)CC)nc(Cl)c12. The third kappa shape index (κ3) is 3.02. The number of aromatic nitrogens is 2. The van der Waals surface area contributed by atoms with E-state index in [1.54, 1.807) is 12.3 Å². The fraction of sp³-hybridized carbons (Fsp3) is 0.462. The number of nitrogens with zero attached hydrogens (tertiary/aromatic N) is 2. The van der Waals surface area contributed by atoms with Gasteiger partial charge in [-0.3, -0.25) is 0 Å². The second kappa shape index (κ2) is 6.37. The lowest BCUT2D eigenvalue weighted by Crippen LogP contribution is -2.15. The number of esters is 1. The van der Waals surface area contributed by atoms with Gasteiger partial charge in [0.2, 0.25) is 5.95 Å². The van der Waals surface area contributed by atoms with Crippen LogP contribution in [0.25, 0.3) is 10.2 Å². The van der Waals surface area contributed by atoms with Crippen molar-refractivity contribution in [2.24, 2.45) is 0 Å². The Morgan fingerprint density at radius 2 is 2.25 bits per heavy atom. The Kier molecular flexibility index (Phi) is 4.77. The van der Waals surface area contributed by atoms with Crippen molar-refractivity contribution in [1.29, 1.82) is 0 Å². The van der Waals surface area contributed by atoms with Crippen molar-refractivity contribution >= 4 is 45.1 Å². The maximum absolute atomic E-state index is 11.8. The summed E-state index contributed by atoms with van der Waals surface area (Å²) in [6.07, 6.45) is 0.956. The van der Waals surface area contributed by atoms with Gasteiger partial charge in [-0.2, -0.15) is 0 Å². The van der Waals surface area contributed by atoms with Crippen molar-refractivity contribution in [3.05, 3.63) is 16.1 Å². The number of nitrogens with one attached hydrogen (secondary N) is 1. The van der Waals surface area contributed by atoms with E-state index in [1.165, 1.54) is 11.3 Å². The molecule has 2 heterocycles. The van der Waals surface area contributed by atoms with Gasteiger partial charge >= 0.3 is 5.97 Å². The Hall–Kier alpha value is -1.40. The number of hydrogen-bond donors (Lipinski definition) is 1. The Morgan fingerprint density at radius 3 is 2.90 bits per heavy atom. The topological polar surface area (TPSA) is 64.1 Å². The quantitative estimate of drug-likeness (QED) is 0.673. The van der Waals surface area contributed by atoms with E-state index < -0.39 is 5.97 Å². The van der Waals surface area contributed by atoms with Crippen molar-refractivity contribution in [3.8, 4) is 0 Å². The van der Waals surface area contributed by atoms with Gasteiger partial charge in [0, 0.05) is 11.4 Å². The average molecular weight is 314 g/mol. The maximum atomic E-state index is 11.8. The van der Waals surface area contributed by atoms with Crippen LogP contribution >= 0.6 is 22.9 Å². The average Bonchev–Trinajstić information content (AvgIpc) is 2.83. The predicted molar refractivity (Wildman–Crippen MR) is 81.8 cm³/mol. The van der Waals surface area contributed by atoms with E-state index in [4.69, 9.17) is 16.3 Å². The predicted octanol–water partition coefficient (Wildman–Crippen LogP) is 3.73. The standard InChI is InChI=1S/C13H16ClN3O2S/c1-4-7(3)15-13-16-10(14)9-8(12(18)19-5-2)6-20-11(9)17-13/h6-7H,4-5H2,1-3H3,(H,15,16,17). The number of ether oxygens (including phenoxy) is 1. The number of carbonyl (C=O) groups excluding carboxylic acids is 1. The van der Waals surface area contributed by atoms with E-state index in [2.05, 4.69) is 22.2 Å². The molecule has 108 valence electrons. The molecule has 0 fully saturated rings. The van der Waals surface area contributed by atoms with E-state index in [0.717, 1.165) is 6.42 Å². The van der Waals surface area contributed by atoms with Crippen molar-refractivity contribution in [2.45, 2.75) is 33.2 Å². The van der Waals surface area contributed by atoms with Crippen molar-refractivity contribution in [3.63, 3.8) is 0 Å². The van der Waals surface area contributed by atoms with Gasteiger partial charge in [0.05, 0.1) is 17.6 Å². The molecule has 0 saturated carbocycles. The zero-order valence-corrected chi connectivity index (χ0v) is 13.1. The molecule has 0 saturated heterocycles. The number of thiophene rings is 1. The first-order chi connectivity index (χ1) is 9.56. The largest absolute Gasteiger partial charge is 0.462 e. The second-order valence-corrected chi connectivity index (χ2v) is 5.56. The summed E-state index contributed by atoms with van der Waals surface area (Å²) in [6.45, 7) is 6.20. The van der Waals surface area contributed by atoms with E-state index >= 15 is 0 Å². The van der Waals surface area contributed by atoms with E-state index in [9.17, 15) is 4.79 Å². The number of carbonyl (C=O) groups is 1. The highest BCUT2D eigenvalue weighted by molar-refractivity contribution is 7.17. The molecule has 2 aromatic heterocycles. The zero-order valence-electron chi connectivity index (χ0n) is 11.6. The van der Waals surface area contributed by atoms with Gasteiger partial charge in [0.25, 0.3) is 0 Å². The minimum atomic E-state index is -0.396. The molecule has 0 aliphatic carbocycles. The van der Waals surface area contributed by atoms with Gasteiger partial charge in [-0.1, -0.05) is 18.5 Å². The van der Waals surface area contributed by atoms with E-state index in [1.807, 2.05) is 6.92 Å². The van der Waals surface area contributed by atoms with Crippen LogP contribution in [0.15, 0.2) is 5.38 Å². The Labute approximate surface area is 126 Å². The first-order valence-electron chi connectivity index (χ1n) is 6.45. The highest BCUT2D eigenvalue weighted by Gasteiger charge is 2.19. The molecule has 20 heavy (non-hydrogen) atoms. The van der Waals surface area contributed by atoms with Crippen molar-refractivity contribution in [1.82, 2.24) is 9.97 Å². The van der Waals surface area contributed by atoms with Crippen LogP contribution in [-0.4, -0.2) is 28.6 Å². The highest BCUT2D eigenvalue weighted by atomic mass is 35.5. The summed E-state index contributed by atoms with van der Waals surface area (Å²) >= 11 is 7.54. The lowest BCUT2D eigenvalue weighted by Gasteiger charge is -2.11. The Morgan fingerprint density at radius 1 is 1.50 bits per heavy atom. The van der Waals surface area contributed by atoms with Gasteiger partial charge in [-0.25, -0.2) is 14.8 Å². The van der Waals surface area contributed by atoms with E-state index in [0.29, 0.717) is 28.3 Å². The summed E-state index contributed by atoms with van der Waals surface area (Å²) in [4.78, 5) is 21.1. The molecule has 2 aromatic rings. The molecule has 0 spiro atoms. The van der Waals surface area contributed by atoms with Crippen molar-refractivity contribution in [2.75, 3.05) is 11.9 Å². The minimum absolute atomic E-state index is 0.257. The fourth-order valence-electron chi connectivity index (χ4n) is 1.65. The summed E-state index contributed by atoms with van der Waals surface area (Å²) in [5, 5.41) is 5.71. The van der Waals surface area contributed by atoms with Crippen LogP contribution in [0.5, 0.6) is 0 Å². The number of fused-ring (bicyclic) bond motifs is 1. The first-order valence-corrected chi connectivity index (χ1v) is 7.70. The molecule has 7 heteroatoms. The van der Waals surface area contributed by atoms with Crippen LogP contribution in [-0.2, 0) is 4.74 Å². The van der Waals surface area contributed by atoms with Crippen molar-refractivity contribution < 1.29 is 9.53 Å². The number of halogens is 1. The second-order valence-electron chi connectivity index (χ2n) is 4.34. The zero-order chi connectivity index (χ0) is 14.7. The normalized spacial score (nSPS) is 12.4. The molecule has 5 nitrogen and oxygen atoms in total. The van der Waals surface area contributed by atoms with Crippen LogP contribution in [0.2, 0.25) is 5.15 Å². The molecule has 1 N–H and O–H groups in total. The monoisotopic (exact) mass is 313 g/mol. The van der Waals surface area contributed by atoms with Gasteiger partial charge < -0.3 is 10.1 Å². The molecule has 1 atom stereocenters. The Bertz CT molecular complexity index is 629. The van der Waals surface area contributed by atoms with Crippen LogP contribution in [0.1, 0.15) is 37.6 Å². The summed E-state index contributed by atoms with van der Waals surface area (Å²) in [5.41, 5.74) is 0.423. The number of anilines is 1. The van der Waals surface area contributed by atoms with Crippen LogP contribution in [0, 0.1) is 0 Å². The molecule has 0 aromatic carbocycles. The molecule has 0 radical (unpaired) electrons. The molecule has 0 amide bonds. The number of rotatable bonds is 5. The van der Waals surface area contributed by atoms with Gasteiger partial charge in [-0.05, 0) is 20.3 Å².